The van der Waals surface area contributed by atoms with E-state index in [0.29, 0.717) is 18.6 Å². The van der Waals surface area contributed by atoms with Gasteiger partial charge in [-0.2, -0.15) is 26.3 Å². The first-order valence-electron chi connectivity index (χ1n) is 8.31. The summed E-state index contributed by atoms with van der Waals surface area (Å²) in [4.78, 5) is 23.9. The minimum Gasteiger partial charge on any atom is -0.368 e. The van der Waals surface area contributed by atoms with Crippen LogP contribution in [0, 0.1) is 0 Å². The highest BCUT2D eigenvalue weighted by molar-refractivity contribution is 5.97. The maximum Gasteiger partial charge on any atom is 0.416 e. The van der Waals surface area contributed by atoms with E-state index < -0.39 is 46.9 Å². The first-order chi connectivity index (χ1) is 13.4. The van der Waals surface area contributed by atoms with Gasteiger partial charge < -0.3 is 11.1 Å². The molecule has 0 radical (unpaired) electrons. The monoisotopic (exact) mass is 418 g/mol. The topological polar surface area (TPSA) is 72.2 Å². The van der Waals surface area contributed by atoms with E-state index in [1.807, 2.05) is 0 Å². The average molecular weight is 418 g/mol. The lowest BCUT2D eigenvalue weighted by Gasteiger charge is -2.17. The molecule has 0 aliphatic heterocycles. The molecule has 1 atom stereocenters. The molecule has 0 aromatic heterocycles. The Balaban J connectivity index is 2.25. The van der Waals surface area contributed by atoms with Gasteiger partial charge in [-0.1, -0.05) is 30.3 Å². The van der Waals surface area contributed by atoms with Gasteiger partial charge in [0.15, 0.2) is 0 Å². The molecule has 4 nitrogen and oxygen atoms in total. The normalized spacial score (nSPS) is 13.0. The number of aryl methyl sites for hydroxylation is 1. The fraction of sp³-hybridized carbons (Fsp3) is 0.263. The van der Waals surface area contributed by atoms with Gasteiger partial charge in [-0.3, -0.25) is 9.59 Å². The second kappa shape index (κ2) is 8.54. The van der Waals surface area contributed by atoms with Crippen molar-refractivity contribution in [3.63, 3.8) is 0 Å². The zero-order valence-electron chi connectivity index (χ0n) is 14.8. The number of carbonyl (C=O) groups is 2. The van der Waals surface area contributed by atoms with E-state index in [1.54, 1.807) is 30.3 Å². The molecular weight excluding hydrogens is 402 g/mol. The van der Waals surface area contributed by atoms with E-state index in [9.17, 15) is 35.9 Å². The second-order valence-corrected chi connectivity index (χ2v) is 6.25. The Morgan fingerprint density at radius 3 is 1.86 bits per heavy atom. The van der Waals surface area contributed by atoms with Gasteiger partial charge in [0.2, 0.25) is 5.91 Å². The Hall–Kier alpha value is -3.04. The molecule has 0 saturated heterocycles. The van der Waals surface area contributed by atoms with Gasteiger partial charge in [0.25, 0.3) is 5.91 Å². The average Bonchev–Trinajstić information content (AvgIpc) is 2.63. The van der Waals surface area contributed by atoms with Crippen molar-refractivity contribution in [2.24, 2.45) is 5.73 Å². The lowest BCUT2D eigenvalue weighted by Crippen LogP contribution is -2.44. The summed E-state index contributed by atoms with van der Waals surface area (Å²) in [5.41, 5.74) is 1.89. The molecule has 0 spiro atoms. The Bertz CT molecular complexity index is 846. The molecule has 2 aromatic rings. The molecule has 0 unspecified atom stereocenters. The third-order valence-corrected chi connectivity index (χ3v) is 4.06. The van der Waals surface area contributed by atoms with Crippen molar-refractivity contribution in [3.8, 4) is 0 Å². The number of primary amides is 1. The lowest BCUT2D eigenvalue weighted by atomic mass is 10.0. The molecule has 0 saturated carbocycles. The van der Waals surface area contributed by atoms with Crippen LogP contribution in [0.25, 0.3) is 0 Å². The molecule has 2 aromatic carbocycles. The first kappa shape index (κ1) is 22.3. The van der Waals surface area contributed by atoms with Crippen LogP contribution in [0.2, 0.25) is 0 Å². The van der Waals surface area contributed by atoms with Gasteiger partial charge in [-0.15, -0.1) is 0 Å². The Labute approximate surface area is 161 Å². The highest BCUT2D eigenvalue weighted by atomic mass is 19.4. The van der Waals surface area contributed by atoms with Crippen molar-refractivity contribution in [1.29, 1.82) is 0 Å². The van der Waals surface area contributed by atoms with Crippen LogP contribution in [0.3, 0.4) is 0 Å². The Morgan fingerprint density at radius 1 is 0.897 bits per heavy atom. The molecule has 10 heteroatoms. The molecule has 2 amide bonds. The maximum absolute atomic E-state index is 12.9. The second-order valence-electron chi connectivity index (χ2n) is 6.25. The van der Waals surface area contributed by atoms with Crippen molar-refractivity contribution in [3.05, 3.63) is 70.8 Å². The van der Waals surface area contributed by atoms with Crippen LogP contribution in [-0.4, -0.2) is 17.9 Å². The number of nitrogens with one attached hydrogen (secondary N) is 1. The predicted octanol–water partition coefficient (Wildman–Crippen LogP) is 3.94. The largest absolute Gasteiger partial charge is 0.416 e. The summed E-state index contributed by atoms with van der Waals surface area (Å²) < 4.78 is 77.6. The van der Waals surface area contributed by atoms with Crippen LogP contribution in [0.1, 0.15) is 33.5 Å². The summed E-state index contributed by atoms with van der Waals surface area (Å²) in [6, 6.07) is 7.99. The highest BCUT2D eigenvalue weighted by Gasteiger charge is 2.37. The van der Waals surface area contributed by atoms with Crippen LogP contribution in [0.5, 0.6) is 0 Å². The van der Waals surface area contributed by atoms with Crippen LogP contribution >= 0.6 is 0 Å². The van der Waals surface area contributed by atoms with Gasteiger partial charge in [-0.25, -0.2) is 0 Å². The Morgan fingerprint density at radius 2 is 1.41 bits per heavy atom. The smallest absolute Gasteiger partial charge is 0.368 e. The summed E-state index contributed by atoms with van der Waals surface area (Å²) >= 11 is 0. The van der Waals surface area contributed by atoms with Crippen molar-refractivity contribution in [2.45, 2.75) is 31.2 Å². The molecule has 0 aliphatic rings. The molecule has 2 rings (SSSR count). The van der Waals surface area contributed by atoms with Crippen molar-refractivity contribution in [1.82, 2.24) is 5.32 Å². The summed E-state index contributed by atoms with van der Waals surface area (Å²) in [6.07, 6.45) is -9.85. The molecular formula is C19H16F6N2O2. The predicted molar refractivity (Wildman–Crippen MR) is 91.7 cm³/mol. The fourth-order valence-corrected chi connectivity index (χ4v) is 2.57. The van der Waals surface area contributed by atoms with E-state index in [0.717, 1.165) is 5.56 Å². The minimum absolute atomic E-state index is 0.0240. The van der Waals surface area contributed by atoms with Gasteiger partial charge in [0.05, 0.1) is 11.1 Å². The Kier molecular flexibility index (Phi) is 6.55. The van der Waals surface area contributed by atoms with Gasteiger partial charge in [-0.05, 0) is 36.6 Å². The van der Waals surface area contributed by atoms with E-state index in [1.165, 1.54) is 0 Å². The van der Waals surface area contributed by atoms with Crippen LogP contribution in [0.15, 0.2) is 48.5 Å². The van der Waals surface area contributed by atoms with Crippen LogP contribution in [-0.2, 0) is 23.6 Å². The van der Waals surface area contributed by atoms with E-state index in [2.05, 4.69) is 5.32 Å². The standard InChI is InChI=1S/C19H16F6N2O2/c20-18(21,22)13-8-12(9-14(10-13)19(23,24)25)17(29)27-15(16(26)28)7-6-11-4-2-1-3-5-11/h1-5,8-10,15H,6-7H2,(H2,26,28)(H,27,29)/t15-/m0/s1. The summed E-state index contributed by atoms with van der Waals surface area (Å²) in [6.45, 7) is 0. The molecule has 3 N–H and O–H groups in total. The fourth-order valence-electron chi connectivity index (χ4n) is 2.57. The minimum atomic E-state index is -5.09. The van der Waals surface area contributed by atoms with E-state index >= 15 is 0 Å². The first-order valence-corrected chi connectivity index (χ1v) is 8.31. The number of halogens is 6. The van der Waals surface area contributed by atoms with E-state index in [-0.39, 0.29) is 12.5 Å². The van der Waals surface area contributed by atoms with E-state index in [4.69, 9.17) is 5.73 Å². The molecule has 0 aliphatic carbocycles. The summed E-state index contributed by atoms with van der Waals surface area (Å²) in [7, 11) is 0. The zero-order valence-corrected chi connectivity index (χ0v) is 14.8. The van der Waals surface area contributed by atoms with Gasteiger partial charge >= 0.3 is 12.4 Å². The van der Waals surface area contributed by atoms with Gasteiger partial charge in [0.1, 0.15) is 6.04 Å². The quantitative estimate of drug-likeness (QED) is 0.698. The van der Waals surface area contributed by atoms with Crippen molar-refractivity contribution in [2.75, 3.05) is 0 Å². The number of hydrogen-bond acceptors (Lipinski definition) is 2. The molecule has 0 heterocycles. The van der Waals surface area contributed by atoms with Crippen molar-refractivity contribution < 1.29 is 35.9 Å². The maximum atomic E-state index is 12.9. The molecule has 0 fully saturated rings. The molecule has 0 bridgehead atoms. The SMILES string of the molecule is NC(=O)[C@H](CCc1ccccc1)NC(=O)c1cc(C(F)(F)F)cc(C(F)(F)F)c1. The third kappa shape index (κ3) is 6.23. The zero-order chi connectivity index (χ0) is 21.8. The number of carbonyl (C=O) groups excluding carboxylic acids is 2. The van der Waals surface area contributed by atoms with Crippen LogP contribution < -0.4 is 11.1 Å². The third-order valence-electron chi connectivity index (χ3n) is 4.06. The highest BCUT2D eigenvalue weighted by Crippen LogP contribution is 2.36. The number of amides is 2. The number of benzene rings is 2. The molecule has 156 valence electrons. The lowest BCUT2D eigenvalue weighted by molar-refractivity contribution is -0.143. The summed E-state index contributed by atoms with van der Waals surface area (Å²) in [5.74, 6) is -2.23. The molecule has 29 heavy (non-hydrogen) atoms. The van der Waals surface area contributed by atoms with Crippen LogP contribution in [0.4, 0.5) is 26.3 Å². The number of alkyl halides is 6. The van der Waals surface area contributed by atoms with Gasteiger partial charge in [0, 0.05) is 5.56 Å². The number of nitrogens with two attached hydrogens (primary N) is 1. The van der Waals surface area contributed by atoms with Crippen molar-refractivity contribution >= 4 is 11.8 Å². The number of hydrogen-bond donors (Lipinski definition) is 2. The summed E-state index contributed by atoms with van der Waals surface area (Å²) in [5, 5.41) is 2.11. The number of rotatable bonds is 6.